The average Bonchev–Trinajstić information content (AvgIpc) is 3.71. The number of carbonyl (C=O) groups excluding carboxylic acids is 9. The minimum absolute atomic E-state index is 0.0249. The van der Waals surface area contributed by atoms with E-state index in [0.717, 1.165) is 0 Å². The second-order valence-corrected chi connectivity index (χ2v) is 17.2. The summed E-state index contributed by atoms with van der Waals surface area (Å²) in [6, 6.07) is -9.07. The molecule has 16 N–H and O–H groups in total. The van der Waals surface area contributed by atoms with Gasteiger partial charge in [-0.3, -0.25) is 43.3 Å². The molecular weight excluding hydrogens is 833 g/mol. The van der Waals surface area contributed by atoms with Crippen molar-refractivity contribution in [3.8, 4) is 0 Å². The Kier molecular flexibility index (Phi) is 24.9. The van der Waals surface area contributed by atoms with Gasteiger partial charge < -0.3 is 69.9 Å². The molecular formula is C41H72N14O9. The highest BCUT2D eigenvalue weighted by Gasteiger charge is 2.34. The van der Waals surface area contributed by atoms with Crippen molar-refractivity contribution in [3.05, 3.63) is 18.2 Å². The van der Waals surface area contributed by atoms with Gasteiger partial charge in [-0.1, -0.05) is 41.5 Å². The van der Waals surface area contributed by atoms with Crippen LogP contribution >= 0.6 is 0 Å². The summed E-state index contributed by atoms with van der Waals surface area (Å²) in [5.41, 5.74) is 22.3. The SMILES string of the molecule is CC(C)C[C@H](NC(=O)[C@H](C)NC(=O)[C@H](C)N)C(=O)N[C@@H](Cc1cnc[nH]1)C(=O)N[C@@H](CCCN=C(N)N)C(=O)N[C@@H](CC(C)C)C(=O)N[C@@H](CC(C)C)C(=O)N[C@H](C=O)CCC(N)=O. The van der Waals surface area contributed by atoms with Crippen LogP contribution in [0.1, 0.15) is 106 Å². The van der Waals surface area contributed by atoms with Crippen LogP contribution in [0.4, 0.5) is 0 Å². The van der Waals surface area contributed by atoms with Gasteiger partial charge in [0.1, 0.15) is 42.5 Å². The van der Waals surface area contributed by atoms with Crippen LogP contribution in [-0.4, -0.2) is 124 Å². The van der Waals surface area contributed by atoms with E-state index in [4.69, 9.17) is 22.9 Å². The van der Waals surface area contributed by atoms with Gasteiger partial charge in [0.2, 0.25) is 47.3 Å². The minimum atomic E-state index is -1.33. The molecule has 0 saturated carbocycles. The lowest BCUT2D eigenvalue weighted by atomic mass is 9.99. The number of nitrogens with two attached hydrogens (primary N) is 4. The van der Waals surface area contributed by atoms with Crippen molar-refractivity contribution in [1.82, 2.24) is 47.2 Å². The number of aldehydes is 1. The standard InChI is InChI=1S/C41H72N14O9/c1-21(2)14-29(37(61)50-26(19-56)11-12-33(43)57)54-39(63)31(16-23(5)6)53-36(60)28(10-9-13-47-41(44)45)51-40(64)32(17-27-18-46-20-48-27)55-38(62)30(15-22(3)4)52-35(59)25(8)49-34(58)24(7)42/h18-26,28-32H,9-17,42H2,1-8H3,(H2,43,57)(H,46,48)(H,49,58)(H,50,61)(H,51,64)(H,52,59)(H,53,60)(H,54,63)(H,55,62)(H4,44,45,47)/t24-,25-,26-,28-,29-,30-,31-,32-/m0/s1. The molecule has 23 heteroatoms. The van der Waals surface area contributed by atoms with Gasteiger partial charge in [-0.05, 0) is 70.1 Å². The van der Waals surface area contributed by atoms with Crippen molar-refractivity contribution >= 4 is 59.5 Å². The second kappa shape index (κ2) is 28.5. The molecule has 0 spiro atoms. The highest BCUT2D eigenvalue weighted by atomic mass is 16.2. The Morgan fingerprint density at radius 1 is 0.625 bits per heavy atom. The van der Waals surface area contributed by atoms with E-state index in [-0.39, 0.29) is 81.6 Å². The van der Waals surface area contributed by atoms with Gasteiger partial charge in [0.25, 0.3) is 0 Å². The second-order valence-electron chi connectivity index (χ2n) is 17.2. The fraction of sp³-hybridized carbons (Fsp3) is 0.683. The maximum Gasteiger partial charge on any atom is 0.243 e. The summed E-state index contributed by atoms with van der Waals surface area (Å²) < 4.78 is 0. The van der Waals surface area contributed by atoms with Gasteiger partial charge >= 0.3 is 0 Å². The molecule has 0 unspecified atom stereocenters. The van der Waals surface area contributed by atoms with Crippen molar-refractivity contribution in [2.24, 2.45) is 45.7 Å². The number of hydrogen-bond donors (Lipinski definition) is 12. The molecule has 0 fully saturated rings. The number of nitrogens with zero attached hydrogens (tertiary/aromatic N) is 2. The van der Waals surface area contributed by atoms with Crippen LogP contribution in [0.2, 0.25) is 0 Å². The fourth-order valence-corrected chi connectivity index (χ4v) is 6.26. The van der Waals surface area contributed by atoms with Crippen LogP contribution in [0.15, 0.2) is 17.5 Å². The molecule has 1 aromatic heterocycles. The number of H-pyrrole nitrogens is 1. The van der Waals surface area contributed by atoms with Crippen LogP contribution in [0.3, 0.4) is 0 Å². The maximum atomic E-state index is 14.2. The first-order chi connectivity index (χ1) is 29.9. The zero-order valence-corrected chi connectivity index (χ0v) is 38.3. The summed E-state index contributed by atoms with van der Waals surface area (Å²) in [7, 11) is 0. The minimum Gasteiger partial charge on any atom is -0.370 e. The summed E-state index contributed by atoms with van der Waals surface area (Å²) in [4.78, 5) is 129. The van der Waals surface area contributed by atoms with E-state index < -0.39 is 95.6 Å². The average molecular weight is 905 g/mol. The predicted molar refractivity (Wildman–Crippen MR) is 238 cm³/mol. The number of carbonyl (C=O) groups is 9. The van der Waals surface area contributed by atoms with Crippen molar-refractivity contribution < 1.29 is 43.2 Å². The number of hydrogen-bond acceptors (Lipinski definition) is 12. The van der Waals surface area contributed by atoms with E-state index in [9.17, 15) is 43.2 Å². The first-order valence-electron chi connectivity index (χ1n) is 21.6. The quantitative estimate of drug-likeness (QED) is 0.0163. The third kappa shape index (κ3) is 22.3. The summed E-state index contributed by atoms with van der Waals surface area (Å²) in [5.74, 6) is -6.09. The number of primary amides is 1. The molecule has 1 rings (SSSR count). The van der Waals surface area contributed by atoms with E-state index in [1.54, 1.807) is 0 Å². The molecule has 64 heavy (non-hydrogen) atoms. The molecule has 1 aromatic rings. The number of amides is 8. The molecule has 0 aromatic carbocycles. The van der Waals surface area contributed by atoms with Crippen LogP contribution in [0, 0.1) is 17.8 Å². The monoisotopic (exact) mass is 905 g/mol. The van der Waals surface area contributed by atoms with Gasteiger partial charge in [-0.2, -0.15) is 0 Å². The van der Waals surface area contributed by atoms with Crippen LogP contribution in [0.5, 0.6) is 0 Å². The molecule has 0 aliphatic heterocycles. The lowest BCUT2D eigenvalue weighted by Gasteiger charge is -2.28. The van der Waals surface area contributed by atoms with Crippen LogP contribution in [0.25, 0.3) is 0 Å². The molecule has 0 saturated heterocycles. The lowest BCUT2D eigenvalue weighted by Crippen LogP contribution is -2.60. The Morgan fingerprint density at radius 2 is 1.08 bits per heavy atom. The topological polar surface area (TPSA) is 383 Å². The number of nitrogens with one attached hydrogen (secondary N) is 8. The molecule has 0 radical (unpaired) electrons. The van der Waals surface area contributed by atoms with Gasteiger partial charge in [-0.25, -0.2) is 4.98 Å². The van der Waals surface area contributed by atoms with Crippen molar-refractivity contribution in [3.63, 3.8) is 0 Å². The largest absolute Gasteiger partial charge is 0.370 e. The molecule has 23 nitrogen and oxygen atoms in total. The lowest BCUT2D eigenvalue weighted by molar-refractivity contribution is -0.136. The number of aromatic nitrogens is 2. The third-order valence-electron chi connectivity index (χ3n) is 9.57. The summed E-state index contributed by atoms with van der Waals surface area (Å²) >= 11 is 0. The van der Waals surface area contributed by atoms with Crippen molar-refractivity contribution in [2.75, 3.05) is 6.54 Å². The summed E-state index contributed by atoms with van der Waals surface area (Å²) in [6.07, 6.45) is 3.61. The maximum absolute atomic E-state index is 14.2. The van der Waals surface area contributed by atoms with Crippen LogP contribution < -0.4 is 60.2 Å². The van der Waals surface area contributed by atoms with Gasteiger partial charge in [0, 0.05) is 31.3 Å². The van der Waals surface area contributed by atoms with Gasteiger partial charge in [0.05, 0.1) is 18.4 Å². The number of rotatable bonds is 30. The van der Waals surface area contributed by atoms with Crippen LogP contribution in [-0.2, 0) is 49.6 Å². The molecule has 360 valence electrons. The van der Waals surface area contributed by atoms with Crippen molar-refractivity contribution in [2.45, 2.75) is 155 Å². The zero-order valence-electron chi connectivity index (χ0n) is 38.3. The number of imidazole rings is 1. The summed E-state index contributed by atoms with van der Waals surface area (Å²) in [6.45, 7) is 13.9. The first kappa shape index (κ1) is 55.9. The fourth-order valence-electron chi connectivity index (χ4n) is 6.26. The molecule has 8 amide bonds. The Balaban J connectivity index is 3.49. The third-order valence-corrected chi connectivity index (χ3v) is 9.57. The molecule has 0 bridgehead atoms. The molecule has 8 atom stereocenters. The smallest absolute Gasteiger partial charge is 0.243 e. The molecule has 0 aliphatic carbocycles. The Hall–Kier alpha value is -6.13. The Labute approximate surface area is 374 Å². The first-order valence-corrected chi connectivity index (χ1v) is 21.6. The summed E-state index contributed by atoms with van der Waals surface area (Å²) in [5, 5.41) is 18.5. The Bertz CT molecular complexity index is 1730. The van der Waals surface area contributed by atoms with Gasteiger partial charge in [-0.15, -0.1) is 0 Å². The Morgan fingerprint density at radius 3 is 1.52 bits per heavy atom. The number of guanidine groups is 1. The molecule has 0 aliphatic rings. The van der Waals surface area contributed by atoms with E-state index in [2.05, 4.69) is 52.2 Å². The van der Waals surface area contributed by atoms with E-state index >= 15 is 0 Å². The highest BCUT2D eigenvalue weighted by molar-refractivity contribution is 5.97. The normalized spacial score (nSPS) is 14.9. The van der Waals surface area contributed by atoms with E-state index in [1.807, 2.05) is 41.5 Å². The van der Waals surface area contributed by atoms with Crippen molar-refractivity contribution in [1.29, 1.82) is 0 Å². The zero-order chi connectivity index (χ0) is 48.7. The predicted octanol–water partition coefficient (Wildman–Crippen LogP) is -2.63. The van der Waals surface area contributed by atoms with E-state index in [0.29, 0.717) is 12.0 Å². The number of aromatic amines is 1. The van der Waals surface area contributed by atoms with Gasteiger partial charge in [0.15, 0.2) is 5.96 Å². The van der Waals surface area contributed by atoms with E-state index in [1.165, 1.54) is 26.4 Å². The highest BCUT2D eigenvalue weighted by Crippen LogP contribution is 2.12. The number of aliphatic imine (C=N–C) groups is 1. The molecule has 1 heterocycles.